The number of carbonyl (C=O) groups excluding carboxylic acids is 1. The molecule has 0 atom stereocenters. The Labute approximate surface area is 221 Å². The summed E-state index contributed by atoms with van der Waals surface area (Å²) in [7, 11) is -2.49. The van der Waals surface area contributed by atoms with Crippen molar-refractivity contribution >= 4 is 56.5 Å². The molecule has 0 aliphatic rings. The molecule has 0 bridgehead atoms. The SMILES string of the molecule is COc1ccc(-c2nc(S(=O)(=O)c3ccc(C)cc3)c(SCC(=O)Nc3ncc(Cl)cc3Cl)o2)cc1. The van der Waals surface area contributed by atoms with Gasteiger partial charge in [0.25, 0.3) is 0 Å². The molecule has 8 nitrogen and oxygen atoms in total. The molecule has 1 N–H and O–H groups in total. The van der Waals surface area contributed by atoms with Crippen molar-refractivity contribution in [2.75, 3.05) is 18.2 Å². The number of amides is 1. The lowest BCUT2D eigenvalue weighted by Gasteiger charge is -2.06. The van der Waals surface area contributed by atoms with E-state index < -0.39 is 15.7 Å². The van der Waals surface area contributed by atoms with Crippen LogP contribution in [0.5, 0.6) is 5.75 Å². The second kappa shape index (κ2) is 10.9. The summed E-state index contributed by atoms with van der Waals surface area (Å²) in [5.41, 5.74) is 1.46. The van der Waals surface area contributed by atoms with Crippen molar-refractivity contribution in [3.63, 3.8) is 0 Å². The van der Waals surface area contributed by atoms with Gasteiger partial charge in [-0.2, -0.15) is 4.98 Å². The smallest absolute Gasteiger partial charge is 0.236 e. The zero-order valence-electron chi connectivity index (χ0n) is 19.0. The normalized spacial score (nSPS) is 11.3. The molecule has 186 valence electrons. The molecule has 0 fully saturated rings. The van der Waals surface area contributed by atoms with Gasteiger partial charge in [-0.3, -0.25) is 4.79 Å². The van der Waals surface area contributed by atoms with E-state index in [-0.39, 0.29) is 37.5 Å². The van der Waals surface area contributed by atoms with Crippen LogP contribution in [0.2, 0.25) is 10.0 Å². The van der Waals surface area contributed by atoms with Gasteiger partial charge < -0.3 is 14.5 Å². The van der Waals surface area contributed by atoms with Gasteiger partial charge in [0, 0.05) is 11.8 Å². The molecular weight excluding hydrogens is 545 g/mol. The number of oxazole rings is 1. The minimum Gasteiger partial charge on any atom is -0.497 e. The highest BCUT2D eigenvalue weighted by Crippen LogP contribution is 2.35. The first-order chi connectivity index (χ1) is 17.2. The minimum atomic E-state index is -4.03. The molecule has 4 aromatic rings. The summed E-state index contributed by atoms with van der Waals surface area (Å²) in [6.45, 7) is 1.86. The first-order valence-electron chi connectivity index (χ1n) is 10.4. The number of hydrogen-bond donors (Lipinski definition) is 1. The van der Waals surface area contributed by atoms with Crippen molar-refractivity contribution in [3.8, 4) is 17.2 Å². The van der Waals surface area contributed by atoms with Crippen molar-refractivity contribution in [1.29, 1.82) is 0 Å². The number of methoxy groups -OCH3 is 1. The molecule has 0 saturated carbocycles. The van der Waals surface area contributed by atoms with Gasteiger partial charge in [-0.25, -0.2) is 13.4 Å². The second-order valence-electron chi connectivity index (χ2n) is 7.48. The van der Waals surface area contributed by atoms with Gasteiger partial charge in [0.15, 0.2) is 5.82 Å². The Morgan fingerprint density at radius 3 is 2.44 bits per heavy atom. The number of benzene rings is 2. The van der Waals surface area contributed by atoms with Crippen molar-refractivity contribution in [3.05, 3.63) is 76.4 Å². The number of aromatic nitrogens is 2. The van der Waals surface area contributed by atoms with Crippen molar-refractivity contribution < 1.29 is 22.4 Å². The zero-order chi connectivity index (χ0) is 25.9. The van der Waals surface area contributed by atoms with Crippen LogP contribution in [0.3, 0.4) is 0 Å². The summed E-state index contributed by atoms with van der Waals surface area (Å²) in [6.07, 6.45) is 1.35. The number of sulfone groups is 1. The first-order valence-corrected chi connectivity index (χ1v) is 13.6. The molecule has 1 amide bonds. The maximum Gasteiger partial charge on any atom is 0.236 e. The lowest BCUT2D eigenvalue weighted by Crippen LogP contribution is -2.15. The number of anilines is 1. The fourth-order valence-electron chi connectivity index (χ4n) is 3.05. The largest absolute Gasteiger partial charge is 0.497 e. The number of halogens is 2. The Balaban J connectivity index is 1.64. The van der Waals surface area contributed by atoms with E-state index in [2.05, 4.69) is 15.3 Å². The lowest BCUT2D eigenvalue weighted by atomic mass is 10.2. The van der Waals surface area contributed by atoms with Crippen LogP contribution < -0.4 is 10.1 Å². The predicted molar refractivity (Wildman–Crippen MR) is 139 cm³/mol. The molecule has 36 heavy (non-hydrogen) atoms. The summed E-state index contributed by atoms with van der Waals surface area (Å²) in [5, 5.41) is 2.76. The molecule has 2 aromatic carbocycles. The number of ether oxygens (including phenoxy) is 1. The van der Waals surface area contributed by atoms with Crippen LogP contribution in [0.1, 0.15) is 5.56 Å². The van der Waals surface area contributed by atoms with Crippen LogP contribution in [-0.4, -0.2) is 37.2 Å². The van der Waals surface area contributed by atoms with Crippen LogP contribution >= 0.6 is 35.0 Å². The van der Waals surface area contributed by atoms with E-state index in [1.165, 1.54) is 24.4 Å². The van der Waals surface area contributed by atoms with Gasteiger partial charge in [-0.15, -0.1) is 0 Å². The molecule has 2 aromatic heterocycles. The van der Waals surface area contributed by atoms with Gasteiger partial charge >= 0.3 is 0 Å². The lowest BCUT2D eigenvalue weighted by molar-refractivity contribution is -0.113. The summed E-state index contributed by atoms with van der Waals surface area (Å²) < 4.78 is 37.9. The molecule has 0 radical (unpaired) electrons. The Kier molecular flexibility index (Phi) is 7.89. The number of aryl methyl sites for hydroxylation is 1. The molecule has 0 unspecified atom stereocenters. The monoisotopic (exact) mass is 563 g/mol. The quantitative estimate of drug-likeness (QED) is 0.263. The number of carbonyl (C=O) groups is 1. The standard InChI is InChI=1S/C24H19Cl2N3O5S2/c1-14-3-9-18(10-4-14)36(31,32)23-24(34-22(29-23)15-5-7-17(33-2)8-6-15)35-13-20(30)28-21-19(26)11-16(25)12-27-21/h3-12H,13H2,1-2H3,(H,27,28,30). The van der Waals surface area contributed by atoms with Gasteiger partial charge in [0.2, 0.25) is 31.8 Å². The Morgan fingerprint density at radius 2 is 1.81 bits per heavy atom. The molecule has 0 spiro atoms. The molecule has 0 aliphatic heterocycles. The summed E-state index contributed by atoms with van der Waals surface area (Å²) in [6, 6.07) is 14.6. The molecule has 12 heteroatoms. The van der Waals surface area contributed by atoms with E-state index in [9.17, 15) is 13.2 Å². The zero-order valence-corrected chi connectivity index (χ0v) is 22.1. The van der Waals surface area contributed by atoms with Crippen LogP contribution in [0.4, 0.5) is 5.82 Å². The maximum atomic E-state index is 13.4. The highest BCUT2D eigenvalue weighted by molar-refractivity contribution is 8.00. The average molecular weight is 564 g/mol. The molecule has 0 saturated heterocycles. The van der Waals surface area contributed by atoms with E-state index in [1.807, 2.05) is 6.92 Å². The van der Waals surface area contributed by atoms with Crippen LogP contribution in [0.25, 0.3) is 11.5 Å². The molecule has 2 heterocycles. The Morgan fingerprint density at radius 1 is 1.11 bits per heavy atom. The predicted octanol–water partition coefficient (Wildman–Crippen LogP) is 5.92. The highest BCUT2D eigenvalue weighted by atomic mass is 35.5. The molecular formula is C24H19Cl2N3O5S2. The van der Waals surface area contributed by atoms with Gasteiger partial charge in [0.05, 0.1) is 27.8 Å². The summed E-state index contributed by atoms with van der Waals surface area (Å²) >= 11 is 12.8. The number of thioether (sulfide) groups is 1. The van der Waals surface area contributed by atoms with Crippen molar-refractivity contribution in [2.45, 2.75) is 21.9 Å². The summed E-state index contributed by atoms with van der Waals surface area (Å²) in [5.74, 6) is 0.189. The third kappa shape index (κ3) is 5.84. The highest BCUT2D eigenvalue weighted by Gasteiger charge is 2.29. The Hall–Kier alpha value is -3.05. The molecule has 4 rings (SSSR count). The maximum absolute atomic E-state index is 13.4. The third-order valence-electron chi connectivity index (χ3n) is 4.89. The number of nitrogens with one attached hydrogen (secondary N) is 1. The number of hydrogen-bond acceptors (Lipinski definition) is 8. The fourth-order valence-corrected chi connectivity index (χ4v) is 5.80. The van der Waals surface area contributed by atoms with E-state index in [1.54, 1.807) is 43.5 Å². The van der Waals surface area contributed by atoms with E-state index >= 15 is 0 Å². The van der Waals surface area contributed by atoms with Crippen LogP contribution in [0, 0.1) is 6.92 Å². The number of nitrogens with zero attached hydrogens (tertiary/aromatic N) is 2. The third-order valence-corrected chi connectivity index (χ3v) is 8.14. The first kappa shape index (κ1) is 26.0. The van der Waals surface area contributed by atoms with E-state index in [4.69, 9.17) is 32.4 Å². The van der Waals surface area contributed by atoms with Crippen molar-refractivity contribution in [2.24, 2.45) is 0 Å². The molecule has 0 aliphatic carbocycles. The van der Waals surface area contributed by atoms with Crippen LogP contribution in [0.15, 0.2) is 80.2 Å². The van der Waals surface area contributed by atoms with E-state index in [0.29, 0.717) is 16.3 Å². The van der Waals surface area contributed by atoms with Gasteiger partial charge in [-0.1, -0.05) is 52.7 Å². The van der Waals surface area contributed by atoms with Crippen LogP contribution in [-0.2, 0) is 14.6 Å². The second-order valence-corrected chi connectivity index (χ2v) is 11.1. The van der Waals surface area contributed by atoms with Gasteiger partial charge in [-0.05, 0) is 49.4 Å². The topological polar surface area (TPSA) is 111 Å². The minimum absolute atomic E-state index is 0.0216. The number of pyridine rings is 1. The summed E-state index contributed by atoms with van der Waals surface area (Å²) in [4.78, 5) is 20.9. The van der Waals surface area contributed by atoms with E-state index in [0.717, 1.165) is 17.3 Å². The fraction of sp³-hybridized carbons (Fsp3) is 0.125. The average Bonchev–Trinajstić information content (AvgIpc) is 3.30. The van der Waals surface area contributed by atoms with Gasteiger partial charge in [0.1, 0.15) is 5.75 Å². The Bertz CT molecular complexity index is 1510. The number of rotatable bonds is 8. The van der Waals surface area contributed by atoms with Crippen molar-refractivity contribution in [1.82, 2.24) is 9.97 Å².